The van der Waals surface area contributed by atoms with E-state index < -0.39 is 47.0 Å². The van der Waals surface area contributed by atoms with Crippen LogP contribution in [0.2, 0.25) is 0 Å². The summed E-state index contributed by atoms with van der Waals surface area (Å²) < 4.78 is 43.4. The van der Waals surface area contributed by atoms with Crippen LogP contribution < -0.4 is 5.32 Å². The molecule has 0 bridgehead atoms. The Balaban J connectivity index is 2.18. The van der Waals surface area contributed by atoms with Gasteiger partial charge in [-0.1, -0.05) is 23.9 Å². The lowest BCUT2D eigenvalue weighted by molar-refractivity contribution is -0.137. The van der Waals surface area contributed by atoms with Crippen molar-refractivity contribution in [3.63, 3.8) is 0 Å². The number of anilines is 1. The van der Waals surface area contributed by atoms with Crippen molar-refractivity contribution < 1.29 is 32.3 Å². The van der Waals surface area contributed by atoms with Crippen molar-refractivity contribution in [3.8, 4) is 0 Å². The number of carbonyl (C=O) groups excluding carboxylic acids is 3. The molecular weight excluding hydrogens is 373 g/mol. The van der Waals surface area contributed by atoms with E-state index in [0.29, 0.717) is 0 Å². The van der Waals surface area contributed by atoms with Gasteiger partial charge in [0.05, 0.1) is 34.7 Å². The van der Waals surface area contributed by atoms with Gasteiger partial charge in [-0.15, -0.1) is 0 Å². The molecule has 1 atom stereocenters. The van der Waals surface area contributed by atoms with Crippen molar-refractivity contribution in [2.75, 3.05) is 19.0 Å². The van der Waals surface area contributed by atoms with Crippen LogP contribution in [0.25, 0.3) is 0 Å². The molecule has 1 heterocycles. The second-order valence-electron chi connectivity index (χ2n) is 5.28. The average Bonchev–Trinajstić information content (AvgIpc) is 2.81. The lowest BCUT2D eigenvalue weighted by atomic mass is 10.1. The highest BCUT2D eigenvalue weighted by atomic mass is 32.2. The van der Waals surface area contributed by atoms with Crippen LogP contribution in [0.3, 0.4) is 0 Å². The quantitative estimate of drug-likeness (QED) is 0.634. The number of thioether (sulfide) groups is 1. The Labute approximate surface area is 151 Å². The lowest BCUT2D eigenvalue weighted by Crippen LogP contribution is -2.35. The van der Waals surface area contributed by atoms with Crippen molar-refractivity contribution >= 4 is 35.2 Å². The van der Waals surface area contributed by atoms with Crippen LogP contribution in [-0.2, 0) is 25.3 Å². The summed E-state index contributed by atoms with van der Waals surface area (Å²) in [5, 5.41) is 1.84. The zero-order valence-corrected chi connectivity index (χ0v) is 14.6. The van der Waals surface area contributed by atoms with Crippen molar-refractivity contribution in [3.05, 3.63) is 40.9 Å². The Bertz CT molecular complexity index is 764. The van der Waals surface area contributed by atoms with Crippen molar-refractivity contribution in [1.29, 1.82) is 0 Å². The molecule has 0 radical (unpaired) electrons. The van der Waals surface area contributed by atoms with Gasteiger partial charge in [-0.2, -0.15) is 13.2 Å². The summed E-state index contributed by atoms with van der Waals surface area (Å²) in [4.78, 5) is 36.8. The van der Waals surface area contributed by atoms with E-state index in [1.807, 2.05) is 0 Å². The molecule has 0 aliphatic carbocycles. The molecule has 140 valence electrons. The highest BCUT2D eigenvalue weighted by Gasteiger charge is 2.36. The smallest absolute Gasteiger partial charge is 0.418 e. The summed E-state index contributed by atoms with van der Waals surface area (Å²) in [5.41, 5.74) is -1.40. The molecule has 0 aromatic heterocycles. The van der Waals surface area contributed by atoms with Crippen LogP contribution in [-0.4, -0.2) is 41.6 Å². The summed E-state index contributed by atoms with van der Waals surface area (Å²) >= 11 is 1.06. The SMILES string of the molecule is COC(=O)/C=C1\S[C@H](C)C(=O)N1CC(=O)Nc1ccccc1C(F)(F)F. The molecule has 1 aromatic rings. The molecule has 10 heteroatoms. The Morgan fingerprint density at radius 1 is 1.35 bits per heavy atom. The minimum atomic E-state index is -4.63. The van der Waals surface area contributed by atoms with E-state index in [1.54, 1.807) is 6.92 Å². The Morgan fingerprint density at radius 2 is 2.00 bits per heavy atom. The number of hydrogen-bond donors (Lipinski definition) is 1. The predicted molar refractivity (Wildman–Crippen MR) is 88.9 cm³/mol. The second kappa shape index (κ2) is 7.81. The van der Waals surface area contributed by atoms with Gasteiger partial charge >= 0.3 is 12.1 Å². The van der Waals surface area contributed by atoms with Gasteiger partial charge in [0.2, 0.25) is 11.8 Å². The average molecular weight is 388 g/mol. The number of nitrogens with one attached hydrogen (secondary N) is 1. The number of para-hydroxylation sites is 1. The van der Waals surface area contributed by atoms with Gasteiger partial charge < -0.3 is 10.1 Å². The number of amides is 2. The first kappa shape index (κ1) is 19.8. The predicted octanol–water partition coefficient (Wildman–Crippen LogP) is 2.62. The van der Waals surface area contributed by atoms with E-state index >= 15 is 0 Å². The summed E-state index contributed by atoms with van der Waals surface area (Å²) in [6.07, 6.45) is -3.57. The van der Waals surface area contributed by atoms with Crippen LogP contribution in [0.4, 0.5) is 18.9 Å². The third-order valence-corrected chi connectivity index (χ3v) is 4.56. The van der Waals surface area contributed by atoms with Gasteiger partial charge in [0.25, 0.3) is 0 Å². The molecule has 0 saturated carbocycles. The molecule has 1 aromatic carbocycles. The Morgan fingerprint density at radius 3 is 2.62 bits per heavy atom. The molecule has 0 spiro atoms. The number of nitrogens with zero attached hydrogens (tertiary/aromatic N) is 1. The van der Waals surface area contributed by atoms with Gasteiger partial charge in [-0.3, -0.25) is 14.5 Å². The fourth-order valence-corrected chi connectivity index (χ4v) is 3.26. The standard InChI is InChI=1S/C16H15F3N2O4S/c1-9-15(24)21(13(26-9)7-14(23)25-2)8-12(22)20-11-6-4-3-5-10(11)16(17,18)19/h3-7,9H,8H2,1-2H3,(H,20,22)/b13-7-/t9-/m1/s1. The highest BCUT2D eigenvalue weighted by molar-refractivity contribution is 8.04. The molecular formula is C16H15F3N2O4S. The summed E-state index contributed by atoms with van der Waals surface area (Å²) in [6, 6.07) is 4.52. The van der Waals surface area contributed by atoms with Crippen LogP contribution in [0, 0.1) is 0 Å². The van der Waals surface area contributed by atoms with Crippen LogP contribution in [0.1, 0.15) is 12.5 Å². The largest absolute Gasteiger partial charge is 0.466 e. The van der Waals surface area contributed by atoms with Gasteiger partial charge in [-0.25, -0.2) is 4.79 Å². The maximum absolute atomic E-state index is 13.0. The molecule has 26 heavy (non-hydrogen) atoms. The minimum Gasteiger partial charge on any atom is -0.466 e. The van der Waals surface area contributed by atoms with E-state index in [-0.39, 0.29) is 5.03 Å². The van der Waals surface area contributed by atoms with E-state index in [9.17, 15) is 27.6 Å². The number of hydrogen-bond acceptors (Lipinski definition) is 5. The normalized spacial score (nSPS) is 19.0. The van der Waals surface area contributed by atoms with E-state index in [1.165, 1.54) is 12.1 Å². The van der Waals surface area contributed by atoms with Crippen molar-refractivity contribution in [2.45, 2.75) is 18.3 Å². The maximum Gasteiger partial charge on any atom is 0.418 e. The second-order valence-corrected chi connectivity index (χ2v) is 6.64. The molecule has 1 aliphatic heterocycles. The molecule has 0 unspecified atom stereocenters. The van der Waals surface area contributed by atoms with E-state index in [0.717, 1.165) is 42.0 Å². The number of halogens is 3. The van der Waals surface area contributed by atoms with Gasteiger partial charge in [0, 0.05) is 0 Å². The molecule has 1 fully saturated rings. The zero-order valence-electron chi connectivity index (χ0n) is 13.8. The zero-order chi connectivity index (χ0) is 19.5. The number of rotatable bonds is 4. The fraction of sp³-hybridized carbons (Fsp3) is 0.312. The molecule has 6 nitrogen and oxygen atoms in total. The first-order valence-electron chi connectivity index (χ1n) is 7.37. The number of esters is 1. The molecule has 2 rings (SSSR count). The number of benzene rings is 1. The highest BCUT2D eigenvalue weighted by Crippen LogP contribution is 2.36. The first-order chi connectivity index (χ1) is 12.1. The monoisotopic (exact) mass is 388 g/mol. The van der Waals surface area contributed by atoms with Crippen LogP contribution in [0.15, 0.2) is 35.4 Å². The number of methoxy groups -OCH3 is 1. The van der Waals surface area contributed by atoms with Crippen LogP contribution >= 0.6 is 11.8 Å². The number of ether oxygens (including phenoxy) is 1. The maximum atomic E-state index is 13.0. The molecule has 2 amide bonds. The van der Waals surface area contributed by atoms with Crippen LogP contribution in [0.5, 0.6) is 0 Å². The Kier molecular flexibility index (Phi) is 5.96. The van der Waals surface area contributed by atoms with E-state index in [4.69, 9.17) is 0 Å². The number of alkyl halides is 3. The minimum absolute atomic E-state index is 0.202. The molecule has 1 saturated heterocycles. The topological polar surface area (TPSA) is 75.7 Å². The first-order valence-corrected chi connectivity index (χ1v) is 8.25. The molecule has 1 N–H and O–H groups in total. The fourth-order valence-electron chi connectivity index (χ4n) is 2.22. The van der Waals surface area contributed by atoms with Crippen molar-refractivity contribution in [2.24, 2.45) is 0 Å². The summed E-state index contributed by atoms with van der Waals surface area (Å²) in [6.45, 7) is 1.07. The third kappa shape index (κ3) is 4.57. The van der Waals surface area contributed by atoms with Gasteiger partial charge in [0.15, 0.2) is 0 Å². The van der Waals surface area contributed by atoms with Gasteiger partial charge in [-0.05, 0) is 19.1 Å². The van der Waals surface area contributed by atoms with E-state index in [2.05, 4.69) is 10.1 Å². The lowest BCUT2D eigenvalue weighted by Gasteiger charge is -2.18. The Hall–Kier alpha value is -2.49. The van der Waals surface area contributed by atoms with Gasteiger partial charge in [0.1, 0.15) is 6.54 Å². The third-order valence-electron chi connectivity index (χ3n) is 3.43. The van der Waals surface area contributed by atoms with Crippen molar-refractivity contribution in [1.82, 2.24) is 4.90 Å². The summed E-state index contributed by atoms with van der Waals surface area (Å²) in [5.74, 6) is -1.95. The summed E-state index contributed by atoms with van der Waals surface area (Å²) in [7, 11) is 1.16. The number of carbonyl (C=O) groups is 3. The molecule has 1 aliphatic rings.